The van der Waals surface area contributed by atoms with Gasteiger partial charge in [0, 0.05) is 11.1 Å². The molecule has 2 aromatic rings. The van der Waals surface area contributed by atoms with E-state index >= 15 is 0 Å². The van der Waals surface area contributed by atoms with E-state index in [-0.39, 0.29) is 16.9 Å². The van der Waals surface area contributed by atoms with Crippen molar-refractivity contribution in [3.8, 4) is 6.07 Å². The van der Waals surface area contributed by atoms with Crippen LogP contribution >= 0.6 is 0 Å². The van der Waals surface area contributed by atoms with Gasteiger partial charge in [0.2, 0.25) is 0 Å². The summed E-state index contributed by atoms with van der Waals surface area (Å²) in [6.07, 6.45) is 2.86. The van der Waals surface area contributed by atoms with Crippen LogP contribution in [0.4, 0.5) is 0 Å². The molecule has 0 heterocycles. The van der Waals surface area contributed by atoms with E-state index in [1.54, 1.807) is 48.5 Å². The van der Waals surface area contributed by atoms with Gasteiger partial charge in [-0.15, -0.1) is 0 Å². The number of nitriles is 1. The monoisotopic (exact) mass is 404 g/mol. The van der Waals surface area contributed by atoms with Gasteiger partial charge in [-0.05, 0) is 25.8 Å². The Morgan fingerprint density at radius 1 is 0.967 bits per heavy atom. The third-order valence-corrected chi connectivity index (χ3v) is 5.36. The number of nitrogens with zero attached hydrogens (tertiary/aromatic N) is 1. The number of hydrogen-bond acceptors (Lipinski definition) is 5. The van der Waals surface area contributed by atoms with Gasteiger partial charge in [0.05, 0.1) is 11.6 Å². The SMILES string of the molecule is CC(OC(=O)c1ccccc1C(=O)c1ccccc1)C(=O)NC1(C#N)CCCCC1. The van der Waals surface area contributed by atoms with Crippen molar-refractivity contribution < 1.29 is 19.1 Å². The zero-order valence-corrected chi connectivity index (χ0v) is 16.9. The molecule has 6 nitrogen and oxygen atoms in total. The summed E-state index contributed by atoms with van der Waals surface area (Å²) < 4.78 is 5.34. The Kier molecular flexibility index (Phi) is 6.63. The minimum absolute atomic E-state index is 0.0960. The van der Waals surface area contributed by atoms with E-state index in [0.29, 0.717) is 18.4 Å². The lowest BCUT2D eigenvalue weighted by atomic mass is 9.83. The highest BCUT2D eigenvalue weighted by Crippen LogP contribution is 2.27. The molecule has 1 unspecified atom stereocenters. The lowest BCUT2D eigenvalue weighted by molar-refractivity contribution is -0.130. The Hall–Kier alpha value is -3.46. The van der Waals surface area contributed by atoms with Gasteiger partial charge >= 0.3 is 5.97 Å². The molecule has 1 atom stereocenters. The smallest absolute Gasteiger partial charge is 0.339 e. The highest BCUT2D eigenvalue weighted by Gasteiger charge is 2.35. The molecule has 1 amide bonds. The predicted octanol–water partition coefficient (Wildman–Crippen LogP) is 3.81. The van der Waals surface area contributed by atoms with Crippen LogP contribution in [0.5, 0.6) is 0 Å². The molecule has 0 saturated heterocycles. The number of esters is 1. The number of amides is 1. The van der Waals surface area contributed by atoms with E-state index < -0.39 is 23.5 Å². The van der Waals surface area contributed by atoms with Gasteiger partial charge in [-0.2, -0.15) is 5.26 Å². The van der Waals surface area contributed by atoms with Gasteiger partial charge < -0.3 is 10.1 Å². The van der Waals surface area contributed by atoms with E-state index in [1.807, 2.05) is 0 Å². The first-order valence-electron chi connectivity index (χ1n) is 10.1. The number of carbonyl (C=O) groups is 3. The first-order valence-corrected chi connectivity index (χ1v) is 10.1. The van der Waals surface area contributed by atoms with Crippen molar-refractivity contribution in [2.45, 2.75) is 50.7 Å². The zero-order chi connectivity index (χ0) is 21.6. The molecule has 6 heteroatoms. The van der Waals surface area contributed by atoms with Crippen LogP contribution in [0.2, 0.25) is 0 Å². The Morgan fingerprint density at radius 2 is 1.57 bits per heavy atom. The molecule has 0 spiro atoms. The molecule has 1 fully saturated rings. The van der Waals surface area contributed by atoms with Crippen LogP contribution in [-0.2, 0) is 9.53 Å². The average molecular weight is 404 g/mol. The maximum absolute atomic E-state index is 12.8. The van der Waals surface area contributed by atoms with Gasteiger partial charge in [-0.25, -0.2) is 4.79 Å². The van der Waals surface area contributed by atoms with Crippen molar-refractivity contribution in [3.63, 3.8) is 0 Å². The maximum atomic E-state index is 12.8. The highest BCUT2D eigenvalue weighted by atomic mass is 16.5. The van der Waals surface area contributed by atoms with Crippen LogP contribution in [0.25, 0.3) is 0 Å². The Labute approximate surface area is 175 Å². The Morgan fingerprint density at radius 3 is 2.20 bits per heavy atom. The fourth-order valence-corrected chi connectivity index (χ4v) is 3.64. The van der Waals surface area contributed by atoms with Crippen LogP contribution in [0.15, 0.2) is 54.6 Å². The summed E-state index contributed by atoms with van der Waals surface area (Å²) in [4.78, 5) is 38.1. The Balaban J connectivity index is 1.72. The predicted molar refractivity (Wildman–Crippen MR) is 111 cm³/mol. The van der Waals surface area contributed by atoms with Crippen molar-refractivity contribution in [1.29, 1.82) is 5.26 Å². The van der Waals surface area contributed by atoms with Crippen molar-refractivity contribution in [2.75, 3.05) is 0 Å². The Bertz CT molecular complexity index is 972. The topological polar surface area (TPSA) is 96.3 Å². The van der Waals surface area contributed by atoms with E-state index in [9.17, 15) is 19.6 Å². The maximum Gasteiger partial charge on any atom is 0.339 e. The first-order chi connectivity index (χ1) is 14.5. The molecule has 154 valence electrons. The number of carbonyl (C=O) groups excluding carboxylic acids is 3. The average Bonchev–Trinajstić information content (AvgIpc) is 2.79. The molecule has 1 N–H and O–H groups in total. The lowest BCUT2D eigenvalue weighted by Crippen LogP contribution is -2.52. The zero-order valence-electron chi connectivity index (χ0n) is 16.9. The second kappa shape index (κ2) is 9.36. The molecule has 30 heavy (non-hydrogen) atoms. The second-order valence-corrected chi connectivity index (χ2v) is 7.53. The fourth-order valence-electron chi connectivity index (χ4n) is 3.64. The standard InChI is InChI=1S/C24H24N2O4/c1-17(22(28)26-24(16-25)14-8-3-9-15-24)30-23(29)20-13-7-6-12-19(20)21(27)18-10-4-2-5-11-18/h2,4-7,10-13,17H,3,8-9,14-15H2,1H3,(H,26,28). The molecule has 0 aliphatic heterocycles. The minimum atomic E-state index is -1.09. The summed E-state index contributed by atoms with van der Waals surface area (Å²) in [5.74, 6) is -1.57. The van der Waals surface area contributed by atoms with E-state index in [1.165, 1.54) is 13.0 Å². The summed E-state index contributed by atoms with van der Waals surface area (Å²) in [5, 5.41) is 12.3. The summed E-state index contributed by atoms with van der Waals surface area (Å²) in [6.45, 7) is 1.46. The van der Waals surface area contributed by atoms with Gasteiger partial charge in [0.1, 0.15) is 5.54 Å². The molecule has 1 saturated carbocycles. The fraction of sp³-hybridized carbons (Fsp3) is 0.333. The van der Waals surface area contributed by atoms with E-state index in [0.717, 1.165) is 19.3 Å². The van der Waals surface area contributed by atoms with Gasteiger partial charge in [0.25, 0.3) is 5.91 Å². The largest absolute Gasteiger partial charge is 0.449 e. The number of ether oxygens (including phenoxy) is 1. The molecule has 1 aliphatic rings. The highest BCUT2D eigenvalue weighted by molar-refractivity contribution is 6.14. The van der Waals surface area contributed by atoms with Crippen molar-refractivity contribution in [3.05, 3.63) is 71.3 Å². The molecular formula is C24H24N2O4. The number of nitrogens with one attached hydrogen (secondary N) is 1. The van der Waals surface area contributed by atoms with Crippen molar-refractivity contribution in [2.24, 2.45) is 0 Å². The molecule has 0 aromatic heterocycles. The van der Waals surface area contributed by atoms with Crippen molar-refractivity contribution >= 4 is 17.7 Å². The van der Waals surface area contributed by atoms with Crippen LogP contribution in [0.1, 0.15) is 65.3 Å². The van der Waals surface area contributed by atoms with E-state index in [4.69, 9.17) is 4.74 Å². The third-order valence-electron chi connectivity index (χ3n) is 5.36. The molecule has 2 aromatic carbocycles. The van der Waals surface area contributed by atoms with Gasteiger partial charge in [-0.1, -0.05) is 67.8 Å². The number of benzene rings is 2. The molecule has 3 rings (SSSR count). The first kappa shape index (κ1) is 21.3. The normalized spacial score (nSPS) is 16.0. The van der Waals surface area contributed by atoms with Crippen LogP contribution in [0, 0.1) is 11.3 Å². The van der Waals surface area contributed by atoms with Gasteiger partial charge in [-0.3, -0.25) is 9.59 Å². The van der Waals surface area contributed by atoms with Crippen LogP contribution < -0.4 is 5.32 Å². The van der Waals surface area contributed by atoms with Crippen LogP contribution in [0.3, 0.4) is 0 Å². The molecule has 1 aliphatic carbocycles. The summed E-state index contributed by atoms with van der Waals surface area (Å²) in [5.41, 5.74) is -0.144. The summed E-state index contributed by atoms with van der Waals surface area (Å²) in [7, 11) is 0. The van der Waals surface area contributed by atoms with Gasteiger partial charge in [0.15, 0.2) is 11.9 Å². The number of rotatable bonds is 6. The second-order valence-electron chi connectivity index (χ2n) is 7.53. The number of ketones is 1. The molecule has 0 radical (unpaired) electrons. The number of hydrogen-bond donors (Lipinski definition) is 1. The van der Waals surface area contributed by atoms with Crippen LogP contribution in [-0.4, -0.2) is 29.3 Å². The van der Waals surface area contributed by atoms with E-state index in [2.05, 4.69) is 11.4 Å². The molecular weight excluding hydrogens is 380 g/mol. The summed E-state index contributed by atoms with van der Waals surface area (Å²) in [6, 6.07) is 17.2. The quantitative estimate of drug-likeness (QED) is 0.583. The third kappa shape index (κ3) is 4.74. The molecule has 0 bridgehead atoms. The summed E-state index contributed by atoms with van der Waals surface area (Å²) >= 11 is 0. The van der Waals surface area contributed by atoms with Crippen molar-refractivity contribution in [1.82, 2.24) is 5.32 Å². The lowest BCUT2D eigenvalue weighted by Gasteiger charge is -2.32. The minimum Gasteiger partial charge on any atom is -0.449 e.